The second kappa shape index (κ2) is 9.14. The fourth-order valence-corrected chi connectivity index (χ4v) is 3.41. The Kier molecular flexibility index (Phi) is 6.27. The molecule has 33 heavy (non-hydrogen) atoms. The molecule has 0 radical (unpaired) electrons. The van der Waals surface area contributed by atoms with Gasteiger partial charge in [-0.25, -0.2) is 22.0 Å². The summed E-state index contributed by atoms with van der Waals surface area (Å²) in [5, 5.41) is 10.6. The van der Waals surface area contributed by atoms with Crippen molar-refractivity contribution >= 4 is 27.7 Å². The van der Waals surface area contributed by atoms with Crippen LogP contribution in [-0.2, 0) is 13.1 Å². The third kappa shape index (κ3) is 4.80. The summed E-state index contributed by atoms with van der Waals surface area (Å²) < 4.78 is 71.2. The lowest BCUT2D eigenvalue weighted by atomic mass is 10.1. The van der Waals surface area contributed by atoms with Crippen molar-refractivity contribution in [2.24, 2.45) is 0 Å². The lowest BCUT2D eigenvalue weighted by Gasteiger charge is -2.08. The second-order valence-corrected chi connectivity index (χ2v) is 7.87. The molecule has 6 nitrogen and oxygen atoms in total. The minimum absolute atomic E-state index is 0.0327. The molecule has 0 aliphatic rings. The van der Waals surface area contributed by atoms with Crippen LogP contribution in [0.3, 0.4) is 0 Å². The van der Waals surface area contributed by atoms with Crippen molar-refractivity contribution in [2.75, 3.05) is 5.32 Å². The van der Waals surface area contributed by atoms with Gasteiger partial charge in [-0.2, -0.15) is 10.2 Å². The van der Waals surface area contributed by atoms with Crippen LogP contribution in [0.25, 0.3) is 0 Å². The van der Waals surface area contributed by atoms with Crippen LogP contribution in [-0.4, -0.2) is 25.5 Å². The molecule has 0 unspecified atom stereocenters. The molecule has 0 bridgehead atoms. The number of hydrogen-bond donors (Lipinski definition) is 1. The Morgan fingerprint density at radius 3 is 2.30 bits per heavy atom. The molecule has 170 valence electrons. The summed E-state index contributed by atoms with van der Waals surface area (Å²) in [5.74, 6) is -10.6. The largest absolute Gasteiger partial charge is 0.305 e. The summed E-state index contributed by atoms with van der Waals surface area (Å²) in [6.45, 7) is -0.292. The van der Waals surface area contributed by atoms with E-state index in [1.54, 1.807) is 35.3 Å². The van der Waals surface area contributed by atoms with Gasteiger partial charge in [-0.3, -0.25) is 14.2 Å². The summed E-state index contributed by atoms with van der Waals surface area (Å²) in [4.78, 5) is 12.6. The van der Waals surface area contributed by atoms with E-state index < -0.39 is 47.1 Å². The van der Waals surface area contributed by atoms with E-state index in [0.29, 0.717) is 12.1 Å². The van der Waals surface area contributed by atoms with Crippen LogP contribution in [0.4, 0.5) is 27.8 Å². The maximum Gasteiger partial charge on any atom is 0.256 e. The van der Waals surface area contributed by atoms with Gasteiger partial charge in [-0.15, -0.1) is 0 Å². The van der Waals surface area contributed by atoms with Crippen molar-refractivity contribution < 1.29 is 26.7 Å². The molecule has 0 atom stereocenters. The Morgan fingerprint density at radius 1 is 0.939 bits per heavy atom. The van der Waals surface area contributed by atoms with E-state index in [9.17, 15) is 26.7 Å². The summed E-state index contributed by atoms with van der Waals surface area (Å²) >= 11 is 3.31. The Bertz CT molecular complexity index is 1320. The van der Waals surface area contributed by atoms with Gasteiger partial charge < -0.3 is 5.32 Å². The van der Waals surface area contributed by atoms with Crippen molar-refractivity contribution in [3.8, 4) is 0 Å². The lowest BCUT2D eigenvalue weighted by molar-refractivity contribution is 0.102. The summed E-state index contributed by atoms with van der Waals surface area (Å²) in [6.07, 6.45) is 4.66. The van der Waals surface area contributed by atoms with E-state index in [0.717, 1.165) is 14.7 Å². The quantitative estimate of drug-likeness (QED) is 0.221. The maximum absolute atomic E-state index is 13.9. The van der Waals surface area contributed by atoms with Crippen LogP contribution in [0.15, 0.2) is 53.4 Å². The van der Waals surface area contributed by atoms with Gasteiger partial charge in [0.15, 0.2) is 29.1 Å². The predicted molar refractivity (Wildman–Crippen MR) is 111 cm³/mol. The smallest absolute Gasteiger partial charge is 0.256 e. The highest BCUT2D eigenvalue weighted by atomic mass is 79.9. The molecule has 0 fully saturated rings. The predicted octanol–water partition coefficient (Wildman–Crippen LogP) is 4.89. The van der Waals surface area contributed by atoms with E-state index in [1.165, 1.54) is 12.3 Å². The van der Waals surface area contributed by atoms with Gasteiger partial charge in [0.1, 0.15) is 0 Å². The van der Waals surface area contributed by atoms with Crippen molar-refractivity contribution in [2.45, 2.75) is 13.1 Å². The average molecular weight is 526 g/mol. The monoisotopic (exact) mass is 525 g/mol. The average Bonchev–Trinajstić information content (AvgIpc) is 3.42. The fourth-order valence-electron chi connectivity index (χ4n) is 3.08. The first-order valence-electron chi connectivity index (χ1n) is 9.35. The first-order valence-corrected chi connectivity index (χ1v) is 10.1. The molecule has 1 amide bonds. The number of nitrogens with zero attached hydrogens (tertiary/aromatic N) is 4. The molecule has 0 saturated carbocycles. The van der Waals surface area contributed by atoms with Crippen LogP contribution in [0.2, 0.25) is 0 Å². The molecule has 0 spiro atoms. The highest BCUT2D eigenvalue weighted by Crippen LogP contribution is 2.24. The third-order valence-electron chi connectivity index (χ3n) is 4.64. The number of halogens is 6. The van der Waals surface area contributed by atoms with Crippen molar-refractivity contribution in [1.29, 1.82) is 0 Å². The Hall–Kier alpha value is -3.54. The van der Waals surface area contributed by atoms with Crippen molar-refractivity contribution in [1.82, 2.24) is 19.6 Å². The molecule has 2 aromatic carbocycles. The Morgan fingerprint density at radius 2 is 1.64 bits per heavy atom. The first-order chi connectivity index (χ1) is 15.7. The van der Waals surface area contributed by atoms with Crippen LogP contribution >= 0.6 is 15.9 Å². The molecule has 0 aliphatic carbocycles. The number of nitrogens with one attached hydrogen (secondary N) is 1. The van der Waals surface area contributed by atoms with E-state index in [4.69, 9.17) is 0 Å². The zero-order chi connectivity index (χ0) is 23.7. The molecule has 2 aromatic heterocycles. The van der Waals surface area contributed by atoms with Crippen LogP contribution in [0.5, 0.6) is 0 Å². The summed E-state index contributed by atoms with van der Waals surface area (Å²) in [7, 11) is 0. The zero-order valence-electron chi connectivity index (χ0n) is 16.5. The van der Waals surface area contributed by atoms with Gasteiger partial charge in [0, 0.05) is 24.0 Å². The van der Waals surface area contributed by atoms with Crippen molar-refractivity contribution in [3.63, 3.8) is 0 Å². The minimum atomic E-state index is -2.23. The normalized spacial score (nSPS) is 11.1. The highest BCUT2D eigenvalue weighted by molar-refractivity contribution is 9.10. The van der Waals surface area contributed by atoms with Gasteiger partial charge in [0.25, 0.3) is 5.91 Å². The Labute approximate surface area is 191 Å². The SMILES string of the molecule is O=C(Nc1ccn(Cc2c(F)c(F)c(F)c(F)c2F)n1)c1cccc(Cn2cc(Br)cn2)c1. The molecule has 2 heterocycles. The van der Waals surface area contributed by atoms with Crippen molar-refractivity contribution in [3.05, 3.63) is 99.2 Å². The van der Waals surface area contributed by atoms with Gasteiger partial charge in [-0.1, -0.05) is 12.1 Å². The number of benzene rings is 2. The molecule has 4 aromatic rings. The van der Waals surface area contributed by atoms with Gasteiger partial charge >= 0.3 is 0 Å². The standard InChI is InChI=1S/C21H13BrF5N5O/c22-13-7-28-32(9-13)8-11-2-1-3-12(6-11)21(33)29-15-4-5-31(30-15)10-14-16(23)18(25)20(27)19(26)17(14)24/h1-7,9H,8,10H2,(H,29,30,33). The number of amides is 1. The number of hydrogen-bond acceptors (Lipinski definition) is 3. The topological polar surface area (TPSA) is 64.7 Å². The Balaban J connectivity index is 1.47. The zero-order valence-corrected chi connectivity index (χ0v) is 18.1. The lowest BCUT2D eigenvalue weighted by Crippen LogP contribution is -2.14. The molecule has 0 saturated heterocycles. The molecular weight excluding hydrogens is 513 g/mol. The van der Waals surface area contributed by atoms with Gasteiger partial charge in [0.2, 0.25) is 5.82 Å². The van der Waals surface area contributed by atoms with E-state index in [-0.39, 0.29) is 5.82 Å². The van der Waals surface area contributed by atoms with E-state index in [1.807, 2.05) is 6.07 Å². The first kappa shape index (κ1) is 22.6. The molecule has 1 N–H and O–H groups in total. The third-order valence-corrected chi connectivity index (χ3v) is 5.05. The fraction of sp³-hybridized carbons (Fsp3) is 0.0952. The highest BCUT2D eigenvalue weighted by Gasteiger charge is 2.26. The van der Waals surface area contributed by atoms with Crippen LogP contribution in [0, 0.1) is 29.1 Å². The van der Waals surface area contributed by atoms with Crippen LogP contribution < -0.4 is 5.32 Å². The van der Waals surface area contributed by atoms with Crippen LogP contribution in [0.1, 0.15) is 21.5 Å². The number of anilines is 1. The number of rotatable bonds is 6. The molecule has 12 heteroatoms. The number of carbonyl (C=O) groups is 1. The summed E-state index contributed by atoms with van der Waals surface area (Å²) in [5.41, 5.74) is 0.105. The van der Waals surface area contributed by atoms with Gasteiger partial charge in [-0.05, 0) is 33.6 Å². The molecule has 4 rings (SSSR count). The van der Waals surface area contributed by atoms with E-state index in [2.05, 4.69) is 31.4 Å². The molecule has 0 aliphatic heterocycles. The van der Waals surface area contributed by atoms with E-state index >= 15 is 0 Å². The second-order valence-electron chi connectivity index (χ2n) is 6.96. The maximum atomic E-state index is 13.9. The minimum Gasteiger partial charge on any atom is -0.305 e. The number of aromatic nitrogens is 4. The molecular formula is C21H13BrF5N5O. The number of carbonyl (C=O) groups excluding carboxylic acids is 1. The summed E-state index contributed by atoms with van der Waals surface area (Å²) in [6, 6.07) is 8.10. The van der Waals surface area contributed by atoms with Gasteiger partial charge in [0.05, 0.1) is 29.3 Å².